The number of benzene rings is 13. The van der Waals surface area contributed by atoms with Gasteiger partial charge >= 0.3 is 0 Å². The lowest BCUT2D eigenvalue weighted by molar-refractivity contribution is 0.672. The summed E-state index contributed by atoms with van der Waals surface area (Å²) in [6.07, 6.45) is 3.83. The maximum Gasteiger partial charge on any atom is 0.160 e. The standard InChI is InChI=1S/C85H49N7O2/c1-4-22-50(23-5-1)78-64-48-56(42-44-65(64)87-85(88-78)51-24-6-2-7-25-51)91-68-38-17-12-33-60(68)74-79(91)72-59-32-11-16-37-67(59)90(82(72)77-63-35-14-19-40-71(63)93-83(74)77)55-29-20-26-52(46-55)53-41-43-61-69(47-53)92(57-30-21-45-86-49-57)80-73-58-31-10-15-36-66(58)89(54-27-8-3-9-28-54)81(73)76-62-34-13-18-39-70(62)94-84(76)75(61)80/h1-49H. The van der Waals surface area contributed by atoms with Gasteiger partial charge in [-0.05, 0) is 102 Å². The Balaban J connectivity index is 0.840. The molecule has 21 aromatic rings. The second-order valence-electron chi connectivity index (χ2n) is 24.6. The lowest BCUT2D eigenvalue weighted by atomic mass is 10.0. The van der Waals surface area contributed by atoms with Crippen molar-refractivity contribution >= 4 is 142 Å². The monoisotopic (exact) mass is 1200 g/mol. The molecule has 0 saturated heterocycles. The summed E-state index contributed by atoms with van der Waals surface area (Å²) < 4.78 is 24.3. The third-order valence-electron chi connectivity index (χ3n) is 19.6. The summed E-state index contributed by atoms with van der Waals surface area (Å²) in [5.41, 5.74) is 21.9. The minimum Gasteiger partial charge on any atom is -0.455 e. The highest BCUT2D eigenvalue weighted by Crippen LogP contribution is 2.53. The molecule has 0 atom stereocenters. The van der Waals surface area contributed by atoms with Gasteiger partial charge in [-0.15, -0.1) is 0 Å². The summed E-state index contributed by atoms with van der Waals surface area (Å²) in [5.74, 6) is 0.686. The highest BCUT2D eigenvalue weighted by molar-refractivity contribution is 6.41. The Morgan fingerprint density at radius 3 is 1.31 bits per heavy atom. The van der Waals surface area contributed by atoms with E-state index in [1.807, 2.05) is 36.7 Å². The SMILES string of the molecule is c1ccc(-c2nc(-c3ccccc3)c3cc(-n4c5ccccc5c5c6oc7ccccc7c6c6c(c7ccccc7n6-c6cccc(-c7ccc8c9c%10oc%11ccccc%11c%10c%10c(c%11ccccc%11n%10-c%10ccccc%10)c9n(-c9cccnc9)c8c7)c6)c54)ccc3n2)cc1. The quantitative estimate of drug-likeness (QED) is 0.159. The zero-order valence-corrected chi connectivity index (χ0v) is 50.2. The van der Waals surface area contributed by atoms with Crippen LogP contribution in [0.2, 0.25) is 0 Å². The number of furan rings is 2. The van der Waals surface area contributed by atoms with E-state index in [1.165, 1.54) is 0 Å². The van der Waals surface area contributed by atoms with Gasteiger partial charge in [-0.2, -0.15) is 0 Å². The summed E-state index contributed by atoms with van der Waals surface area (Å²) in [6.45, 7) is 0. The lowest BCUT2D eigenvalue weighted by Gasteiger charge is -2.14. The second-order valence-corrected chi connectivity index (χ2v) is 24.6. The van der Waals surface area contributed by atoms with E-state index < -0.39 is 0 Å². The number of pyridine rings is 1. The van der Waals surface area contributed by atoms with Crippen molar-refractivity contribution in [1.82, 2.24) is 33.2 Å². The molecule has 0 spiro atoms. The second kappa shape index (κ2) is 19.3. The number of rotatable bonds is 7. The van der Waals surface area contributed by atoms with Crippen LogP contribution in [0.3, 0.4) is 0 Å². The number of hydrogen-bond acceptors (Lipinski definition) is 5. The summed E-state index contributed by atoms with van der Waals surface area (Å²) in [4.78, 5) is 15.4. The molecule has 8 heterocycles. The first-order valence-corrected chi connectivity index (χ1v) is 31.8. The summed E-state index contributed by atoms with van der Waals surface area (Å²) >= 11 is 0. The van der Waals surface area contributed by atoms with Crippen molar-refractivity contribution in [3.05, 3.63) is 298 Å². The van der Waals surface area contributed by atoms with Crippen LogP contribution in [0.15, 0.2) is 306 Å². The van der Waals surface area contributed by atoms with Crippen LogP contribution in [-0.4, -0.2) is 33.2 Å². The Morgan fingerprint density at radius 1 is 0.266 bits per heavy atom. The van der Waals surface area contributed by atoms with Gasteiger partial charge < -0.3 is 27.1 Å². The van der Waals surface area contributed by atoms with Crippen LogP contribution < -0.4 is 0 Å². The van der Waals surface area contributed by atoms with Crippen molar-refractivity contribution < 1.29 is 8.83 Å². The molecular formula is C85H49N7O2. The van der Waals surface area contributed by atoms with E-state index in [9.17, 15) is 0 Å². The molecule has 0 aliphatic heterocycles. The lowest BCUT2D eigenvalue weighted by Crippen LogP contribution is -1.99. The third-order valence-corrected chi connectivity index (χ3v) is 19.6. The van der Waals surface area contributed by atoms with Gasteiger partial charge in [0.05, 0.1) is 88.8 Å². The number of aromatic nitrogens is 7. The van der Waals surface area contributed by atoms with Crippen molar-refractivity contribution in [3.8, 4) is 56.5 Å². The molecule has 0 aliphatic rings. The van der Waals surface area contributed by atoms with E-state index in [-0.39, 0.29) is 0 Å². The largest absolute Gasteiger partial charge is 0.455 e. The molecule has 94 heavy (non-hydrogen) atoms. The fourth-order valence-electron chi connectivity index (χ4n) is 15.7. The minimum absolute atomic E-state index is 0.686. The molecule has 0 amide bonds. The third kappa shape index (κ3) is 7.03. The molecule has 0 bridgehead atoms. The van der Waals surface area contributed by atoms with Crippen LogP contribution in [0.4, 0.5) is 0 Å². The Labute approximate surface area is 535 Å². The molecule has 0 aliphatic carbocycles. The number of nitrogens with zero attached hydrogens (tertiary/aromatic N) is 7. The van der Waals surface area contributed by atoms with E-state index in [0.717, 1.165) is 193 Å². The summed E-state index contributed by atoms with van der Waals surface area (Å²) in [7, 11) is 0. The van der Waals surface area contributed by atoms with E-state index in [0.29, 0.717) is 5.82 Å². The molecule has 436 valence electrons. The fourth-order valence-corrected chi connectivity index (χ4v) is 15.7. The number of hydrogen-bond donors (Lipinski definition) is 0. The maximum atomic E-state index is 7.28. The summed E-state index contributed by atoms with van der Waals surface area (Å²) in [5, 5.41) is 14.1. The summed E-state index contributed by atoms with van der Waals surface area (Å²) in [6, 6.07) is 102. The Morgan fingerprint density at radius 2 is 0.713 bits per heavy atom. The molecule has 0 radical (unpaired) electrons. The van der Waals surface area contributed by atoms with Crippen LogP contribution in [-0.2, 0) is 0 Å². The van der Waals surface area contributed by atoms with Gasteiger partial charge in [0.15, 0.2) is 5.82 Å². The molecular weight excluding hydrogens is 1150 g/mol. The predicted molar refractivity (Wildman–Crippen MR) is 386 cm³/mol. The van der Waals surface area contributed by atoms with E-state index in [2.05, 4.69) is 279 Å². The molecule has 13 aromatic carbocycles. The fraction of sp³-hybridized carbons (Fsp3) is 0. The Bertz CT molecular complexity index is 6770. The topological polar surface area (TPSA) is 84.7 Å². The van der Waals surface area contributed by atoms with Crippen LogP contribution >= 0.6 is 0 Å². The molecule has 9 nitrogen and oxygen atoms in total. The van der Waals surface area contributed by atoms with Gasteiger partial charge in [0.25, 0.3) is 0 Å². The van der Waals surface area contributed by atoms with Gasteiger partial charge in [0.2, 0.25) is 0 Å². The molecule has 21 rings (SSSR count). The first kappa shape index (κ1) is 51.0. The van der Waals surface area contributed by atoms with Crippen molar-refractivity contribution in [2.45, 2.75) is 0 Å². The molecule has 0 N–H and O–H groups in total. The van der Waals surface area contributed by atoms with Crippen LogP contribution in [0.1, 0.15) is 0 Å². The molecule has 0 fully saturated rings. The van der Waals surface area contributed by atoms with Crippen molar-refractivity contribution in [2.75, 3.05) is 0 Å². The average Bonchev–Trinajstić information content (AvgIpc) is 1.52. The minimum atomic E-state index is 0.686. The average molecular weight is 1200 g/mol. The highest BCUT2D eigenvalue weighted by atomic mass is 16.3. The molecule has 0 saturated carbocycles. The molecule has 0 unspecified atom stereocenters. The van der Waals surface area contributed by atoms with E-state index in [1.54, 1.807) is 0 Å². The van der Waals surface area contributed by atoms with Gasteiger partial charge in [0.1, 0.15) is 22.3 Å². The zero-order valence-electron chi connectivity index (χ0n) is 50.2. The highest BCUT2D eigenvalue weighted by Gasteiger charge is 2.31. The van der Waals surface area contributed by atoms with Gasteiger partial charge in [-0.3, -0.25) is 4.98 Å². The van der Waals surface area contributed by atoms with Crippen molar-refractivity contribution in [1.29, 1.82) is 0 Å². The van der Waals surface area contributed by atoms with Crippen molar-refractivity contribution in [3.63, 3.8) is 0 Å². The predicted octanol–water partition coefficient (Wildman–Crippen LogP) is 22.2. The van der Waals surface area contributed by atoms with E-state index >= 15 is 0 Å². The molecule has 8 aromatic heterocycles. The number of fused-ring (bicyclic) bond motifs is 25. The van der Waals surface area contributed by atoms with E-state index in [4.69, 9.17) is 23.8 Å². The normalized spacial score (nSPS) is 12.3. The Hall–Kier alpha value is -12.9. The first-order chi connectivity index (χ1) is 46.7. The van der Waals surface area contributed by atoms with Gasteiger partial charge in [-0.25, -0.2) is 9.97 Å². The molecule has 9 heteroatoms. The van der Waals surface area contributed by atoms with Gasteiger partial charge in [0, 0.05) is 82.9 Å². The smallest absolute Gasteiger partial charge is 0.160 e. The van der Waals surface area contributed by atoms with Crippen molar-refractivity contribution in [2.24, 2.45) is 0 Å². The van der Waals surface area contributed by atoms with Crippen LogP contribution in [0.25, 0.3) is 199 Å². The van der Waals surface area contributed by atoms with Crippen LogP contribution in [0.5, 0.6) is 0 Å². The maximum absolute atomic E-state index is 7.28. The zero-order chi connectivity index (χ0) is 61.3. The van der Waals surface area contributed by atoms with Gasteiger partial charge in [-0.1, -0.05) is 194 Å². The number of para-hydroxylation sites is 6. The first-order valence-electron chi connectivity index (χ1n) is 31.8. The Kier molecular flexibility index (Phi) is 10.5. The van der Waals surface area contributed by atoms with Crippen LogP contribution in [0, 0.1) is 0 Å².